The zero-order valence-corrected chi connectivity index (χ0v) is 10.1. The highest BCUT2D eigenvalue weighted by molar-refractivity contribution is 5.85. The second kappa shape index (κ2) is 5.21. The Morgan fingerprint density at radius 2 is 2.12 bits per heavy atom. The zero-order chi connectivity index (χ0) is 12.3. The third kappa shape index (κ3) is 2.43. The lowest BCUT2D eigenvalue weighted by Crippen LogP contribution is -2.16. The zero-order valence-electron chi connectivity index (χ0n) is 10.1. The maximum absolute atomic E-state index is 5.74. The van der Waals surface area contributed by atoms with Crippen LogP contribution in [0.15, 0.2) is 28.7 Å². The van der Waals surface area contributed by atoms with E-state index in [4.69, 9.17) is 19.6 Å². The largest absolute Gasteiger partial charge is 0.487 e. The summed E-state index contributed by atoms with van der Waals surface area (Å²) in [6.45, 7) is 2.75. The quantitative estimate of drug-likeness (QED) is 0.864. The summed E-state index contributed by atoms with van der Waals surface area (Å²) in [6.07, 6.45) is 0.0364. The number of benzene rings is 1. The summed E-state index contributed by atoms with van der Waals surface area (Å²) >= 11 is 0. The van der Waals surface area contributed by atoms with Crippen LogP contribution in [0.25, 0.3) is 11.0 Å². The van der Waals surface area contributed by atoms with E-state index in [9.17, 15) is 0 Å². The van der Waals surface area contributed by atoms with Gasteiger partial charge in [0.15, 0.2) is 11.5 Å². The molecule has 2 aromatic rings. The first-order valence-electron chi connectivity index (χ1n) is 5.62. The van der Waals surface area contributed by atoms with E-state index in [0.717, 1.165) is 16.7 Å². The Morgan fingerprint density at radius 1 is 1.35 bits per heavy atom. The first-order chi connectivity index (χ1) is 8.26. The number of ether oxygens (including phenoxy) is 2. The predicted molar refractivity (Wildman–Crippen MR) is 66.1 cm³/mol. The van der Waals surface area contributed by atoms with Crippen molar-refractivity contribution < 1.29 is 13.9 Å². The summed E-state index contributed by atoms with van der Waals surface area (Å²) in [4.78, 5) is 0. The molecule has 1 atom stereocenters. The summed E-state index contributed by atoms with van der Waals surface area (Å²) in [5.74, 6) is 1.40. The van der Waals surface area contributed by atoms with Crippen molar-refractivity contribution in [2.45, 2.75) is 19.6 Å². The normalized spacial score (nSPS) is 12.9. The molecule has 92 valence electrons. The van der Waals surface area contributed by atoms with E-state index in [0.29, 0.717) is 18.9 Å². The highest BCUT2D eigenvalue weighted by Gasteiger charge is 2.14. The summed E-state index contributed by atoms with van der Waals surface area (Å²) < 4.78 is 16.5. The number of nitrogens with two attached hydrogens (primary N) is 1. The fraction of sp³-hybridized carbons (Fsp3) is 0.385. The number of furan rings is 1. The molecule has 1 unspecified atom stereocenters. The van der Waals surface area contributed by atoms with Gasteiger partial charge < -0.3 is 19.6 Å². The Morgan fingerprint density at radius 3 is 2.82 bits per heavy atom. The molecule has 4 nitrogen and oxygen atoms in total. The Balaban J connectivity index is 2.30. The molecule has 0 spiro atoms. The van der Waals surface area contributed by atoms with Crippen LogP contribution in [-0.4, -0.2) is 19.8 Å². The van der Waals surface area contributed by atoms with Gasteiger partial charge in [-0.3, -0.25) is 0 Å². The molecule has 0 saturated carbocycles. The third-order valence-electron chi connectivity index (χ3n) is 2.67. The van der Waals surface area contributed by atoms with Crippen molar-refractivity contribution in [2.24, 2.45) is 5.73 Å². The van der Waals surface area contributed by atoms with Crippen LogP contribution in [0.5, 0.6) is 5.75 Å². The van der Waals surface area contributed by atoms with Crippen LogP contribution in [0.1, 0.15) is 12.7 Å². The Kier molecular flexibility index (Phi) is 3.66. The third-order valence-corrected chi connectivity index (χ3v) is 2.67. The molecule has 17 heavy (non-hydrogen) atoms. The average Bonchev–Trinajstić information content (AvgIpc) is 2.73. The van der Waals surface area contributed by atoms with E-state index in [2.05, 4.69) is 0 Å². The fourth-order valence-electron chi connectivity index (χ4n) is 1.63. The van der Waals surface area contributed by atoms with E-state index in [1.54, 1.807) is 7.11 Å². The van der Waals surface area contributed by atoms with Crippen LogP contribution in [0.3, 0.4) is 0 Å². The van der Waals surface area contributed by atoms with Gasteiger partial charge in [0.2, 0.25) is 0 Å². The molecule has 0 fully saturated rings. The van der Waals surface area contributed by atoms with Crippen LogP contribution < -0.4 is 10.5 Å². The Labute approximate surface area is 100 Å². The van der Waals surface area contributed by atoms with Crippen LogP contribution in [0, 0.1) is 0 Å². The fourth-order valence-corrected chi connectivity index (χ4v) is 1.63. The van der Waals surface area contributed by atoms with Crippen molar-refractivity contribution in [2.75, 3.05) is 13.7 Å². The molecule has 2 rings (SSSR count). The van der Waals surface area contributed by atoms with E-state index in [1.807, 2.05) is 31.2 Å². The van der Waals surface area contributed by atoms with Gasteiger partial charge in [-0.05, 0) is 19.1 Å². The number of para-hydroxylation sites is 1. The van der Waals surface area contributed by atoms with E-state index >= 15 is 0 Å². The van der Waals surface area contributed by atoms with Gasteiger partial charge in [0, 0.05) is 7.11 Å². The number of hydrogen-bond acceptors (Lipinski definition) is 4. The van der Waals surface area contributed by atoms with Gasteiger partial charge in [0.25, 0.3) is 0 Å². The molecule has 0 bridgehead atoms. The first kappa shape index (κ1) is 12.0. The number of methoxy groups -OCH3 is 1. The van der Waals surface area contributed by atoms with Crippen LogP contribution in [0.2, 0.25) is 0 Å². The molecule has 0 saturated heterocycles. The minimum atomic E-state index is 0.0364. The first-order valence-corrected chi connectivity index (χ1v) is 5.62. The molecule has 0 aliphatic carbocycles. The molecule has 4 heteroatoms. The van der Waals surface area contributed by atoms with Crippen molar-refractivity contribution in [1.29, 1.82) is 0 Å². The molecule has 0 amide bonds. The van der Waals surface area contributed by atoms with Crippen molar-refractivity contribution in [3.8, 4) is 5.75 Å². The molecule has 0 radical (unpaired) electrons. The average molecular weight is 235 g/mol. The van der Waals surface area contributed by atoms with Gasteiger partial charge >= 0.3 is 0 Å². The highest BCUT2D eigenvalue weighted by Crippen LogP contribution is 2.32. The topological polar surface area (TPSA) is 57.6 Å². The van der Waals surface area contributed by atoms with E-state index in [-0.39, 0.29) is 6.10 Å². The lowest BCUT2D eigenvalue weighted by Gasteiger charge is -2.11. The van der Waals surface area contributed by atoms with Crippen molar-refractivity contribution in [1.82, 2.24) is 0 Å². The van der Waals surface area contributed by atoms with Gasteiger partial charge in [-0.15, -0.1) is 0 Å². The minimum Gasteiger partial charge on any atom is -0.487 e. The minimum absolute atomic E-state index is 0.0364. The summed E-state index contributed by atoms with van der Waals surface area (Å²) in [5.41, 5.74) is 6.45. The van der Waals surface area contributed by atoms with Gasteiger partial charge in [0.1, 0.15) is 12.2 Å². The monoisotopic (exact) mass is 235 g/mol. The Bertz CT molecular complexity index is 492. The molecule has 0 aliphatic heterocycles. The predicted octanol–water partition coefficient (Wildman–Crippen LogP) is 2.31. The maximum Gasteiger partial charge on any atom is 0.169 e. The molecular weight excluding hydrogens is 218 g/mol. The smallest absolute Gasteiger partial charge is 0.169 e. The standard InChI is InChI=1S/C13H17NO3/c1-9(15-2)8-16-13-10-5-3-4-6-11(10)17-12(13)7-14/h3-6,9H,7-8,14H2,1-2H3. The lowest BCUT2D eigenvalue weighted by atomic mass is 10.2. The van der Waals surface area contributed by atoms with Gasteiger partial charge in [0.05, 0.1) is 18.0 Å². The molecule has 0 aliphatic rings. The number of fused-ring (bicyclic) bond motifs is 1. The maximum atomic E-state index is 5.74. The van der Waals surface area contributed by atoms with Crippen LogP contribution in [0.4, 0.5) is 0 Å². The van der Waals surface area contributed by atoms with E-state index < -0.39 is 0 Å². The lowest BCUT2D eigenvalue weighted by molar-refractivity contribution is 0.0714. The molecule has 1 heterocycles. The Hall–Kier alpha value is -1.52. The van der Waals surface area contributed by atoms with Gasteiger partial charge in [-0.1, -0.05) is 12.1 Å². The van der Waals surface area contributed by atoms with Crippen molar-refractivity contribution in [3.63, 3.8) is 0 Å². The second-order valence-corrected chi connectivity index (χ2v) is 3.91. The summed E-state index contributed by atoms with van der Waals surface area (Å²) in [5, 5.41) is 0.955. The van der Waals surface area contributed by atoms with Gasteiger partial charge in [-0.25, -0.2) is 0 Å². The number of rotatable bonds is 5. The van der Waals surface area contributed by atoms with Crippen LogP contribution in [-0.2, 0) is 11.3 Å². The second-order valence-electron chi connectivity index (χ2n) is 3.91. The SMILES string of the molecule is COC(C)COc1c(CN)oc2ccccc12. The molecule has 1 aromatic carbocycles. The summed E-state index contributed by atoms with van der Waals surface area (Å²) in [7, 11) is 1.66. The number of hydrogen-bond donors (Lipinski definition) is 1. The molecule has 2 N–H and O–H groups in total. The molecule has 1 aromatic heterocycles. The molecular formula is C13H17NO3. The summed E-state index contributed by atoms with van der Waals surface area (Å²) in [6, 6.07) is 7.74. The highest BCUT2D eigenvalue weighted by atomic mass is 16.5. The van der Waals surface area contributed by atoms with Crippen molar-refractivity contribution >= 4 is 11.0 Å². The van der Waals surface area contributed by atoms with Crippen molar-refractivity contribution in [3.05, 3.63) is 30.0 Å². The van der Waals surface area contributed by atoms with Gasteiger partial charge in [-0.2, -0.15) is 0 Å². The van der Waals surface area contributed by atoms with E-state index in [1.165, 1.54) is 0 Å². The van der Waals surface area contributed by atoms with Crippen LogP contribution >= 0.6 is 0 Å².